The van der Waals surface area contributed by atoms with Crippen molar-refractivity contribution in [3.63, 3.8) is 0 Å². The van der Waals surface area contributed by atoms with Crippen LogP contribution in [0.1, 0.15) is 18.5 Å². The summed E-state index contributed by atoms with van der Waals surface area (Å²) < 4.78 is 0. The number of hydrogen-bond acceptors (Lipinski definition) is 3. The first-order valence-electron chi connectivity index (χ1n) is 4.78. The molecular weight excluding hydrogens is 164 g/mol. The van der Waals surface area contributed by atoms with Gasteiger partial charge in [-0.3, -0.25) is 0 Å². The number of nitrogens with zero attached hydrogens (tertiary/aromatic N) is 2. The first-order valence-corrected chi connectivity index (χ1v) is 4.78. The average molecular weight is 180 g/mol. The Balaban J connectivity index is 2.08. The second kappa shape index (κ2) is 3.38. The van der Waals surface area contributed by atoms with Crippen LogP contribution in [0.2, 0.25) is 0 Å². The van der Waals surface area contributed by atoms with E-state index in [1.165, 1.54) is 6.42 Å². The molecule has 0 saturated carbocycles. The molecule has 72 valence electrons. The Labute approximate surface area is 78.1 Å². The molecule has 1 aromatic heterocycles. The van der Waals surface area contributed by atoms with Crippen molar-refractivity contribution in [1.82, 2.24) is 9.97 Å². The smallest absolute Gasteiger partial charge is 0.203 e. The van der Waals surface area contributed by atoms with Crippen molar-refractivity contribution in [1.29, 1.82) is 0 Å². The van der Waals surface area contributed by atoms with E-state index in [0.29, 0.717) is 6.04 Å². The van der Waals surface area contributed by atoms with Crippen molar-refractivity contribution < 1.29 is 0 Å². The van der Waals surface area contributed by atoms with E-state index < -0.39 is 0 Å². The van der Waals surface area contributed by atoms with Gasteiger partial charge in [-0.1, -0.05) is 0 Å². The number of piperidine rings is 1. The third kappa shape index (κ3) is 1.83. The number of aromatic amines is 1. The van der Waals surface area contributed by atoms with Crippen LogP contribution < -0.4 is 10.6 Å². The number of aromatic nitrogens is 2. The van der Waals surface area contributed by atoms with Gasteiger partial charge in [0.15, 0.2) is 0 Å². The minimum Gasteiger partial charge on any atom is -0.341 e. The van der Waals surface area contributed by atoms with Gasteiger partial charge in [-0.25, -0.2) is 4.98 Å². The maximum absolute atomic E-state index is 5.89. The van der Waals surface area contributed by atoms with Crippen LogP contribution in [0, 0.1) is 6.92 Å². The van der Waals surface area contributed by atoms with Crippen LogP contribution in [0.15, 0.2) is 6.20 Å². The highest BCUT2D eigenvalue weighted by molar-refractivity contribution is 5.32. The highest BCUT2D eigenvalue weighted by Gasteiger charge is 2.18. The van der Waals surface area contributed by atoms with Crippen LogP contribution in [0.3, 0.4) is 0 Å². The van der Waals surface area contributed by atoms with Gasteiger partial charge in [0.2, 0.25) is 5.95 Å². The van der Waals surface area contributed by atoms with Gasteiger partial charge < -0.3 is 15.6 Å². The molecule has 1 aliphatic heterocycles. The molecule has 1 atom stereocenters. The number of imidazole rings is 1. The number of rotatable bonds is 1. The molecule has 2 heterocycles. The fourth-order valence-electron chi connectivity index (χ4n) is 1.76. The van der Waals surface area contributed by atoms with Gasteiger partial charge in [0.25, 0.3) is 0 Å². The zero-order chi connectivity index (χ0) is 9.26. The molecule has 0 amide bonds. The number of nitrogens with one attached hydrogen (secondary N) is 1. The molecule has 3 N–H and O–H groups in total. The summed E-state index contributed by atoms with van der Waals surface area (Å²) in [7, 11) is 0. The van der Waals surface area contributed by atoms with Crippen LogP contribution in [0.4, 0.5) is 5.95 Å². The van der Waals surface area contributed by atoms with E-state index in [4.69, 9.17) is 5.73 Å². The first kappa shape index (κ1) is 8.56. The highest BCUT2D eigenvalue weighted by atomic mass is 15.3. The summed E-state index contributed by atoms with van der Waals surface area (Å²) in [6, 6.07) is 0.305. The van der Waals surface area contributed by atoms with Crippen LogP contribution in [0.5, 0.6) is 0 Å². The van der Waals surface area contributed by atoms with Gasteiger partial charge in [0, 0.05) is 31.0 Å². The lowest BCUT2D eigenvalue weighted by molar-refractivity contribution is 0.500. The van der Waals surface area contributed by atoms with Crippen LogP contribution in [-0.4, -0.2) is 29.1 Å². The number of H-pyrrole nitrogens is 1. The Hall–Kier alpha value is -1.03. The van der Waals surface area contributed by atoms with Crippen molar-refractivity contribution in [2.75, 3.05) is 18.0 Å². The number of nitrogens with two attached hydrogens (primary N) is 1. The predicted molar refractivity (Wildman–Crippen MR) is 52.7 cm³/mol. The zero-order valence-corrected chi connectivity index (χ0v) is 7.95. The van der Waals surface area contributed by atoms with Gasteiger partial charge in [-0.05, 0) is 19.8 Å². The van der Waals surface area contributed by atoms with Crippen LogP contribution in [0.25, 0.3) is 0 Å². The van der Waals surface area contributed by atoms with Gasteiger partial charge in [-0.15, -0.1) is 0 Å². The van der Waals surface area contributed by atoms with E-state index in [-0.39, 0.29) is 0 Å². The molecule has 0 radical (unpaired) electrons. The number of hydrogen-bond donors (Lipinski definition) is 2. The Morgan fingerprint density at radius 3 is 3.15 bits per heavy atom. The largest absolute Gasteiger partial charge is 0.341 e. The molecule has 4 nitrogen and oxygen atoms in total. The van der Waals surface area contributed by atoms with E-state index in [1.54, 1.807) is 0 Å². The molecule has 0 aromatic carbocycles. The molecule has 0 aliphatic carbocycles. The van der Waals surface area contributed by atoms with Gasteiger partial charge in [0.05, 0.1) is 0 Å². The van der Waals surface area contributed by atoms with Gasteiger partial charge in [0.1, 0.15) is 0 Å². The lowest BCUT2D eigenvalue weighted by atomic mass is 10.1. The fraction of sp³-hybridized carbons (Fsp3) is 0.667. The summed E-state index contributed by atoms with van der Waals surface area (Å²) in [5.74, 6) is 0.965. The SMILES string of the molecule is Cc1cnc(N2CCC[C@@H](N)C2)[nH]1. The quantitative estimate of drug-likeness (QED) is 0.667. The summed E-state index contributed by atoms with van der Waals surface area (Å²) in [6.07, 6.45) is 4.16. The third-order valence-electron chi connectivity index (χ3n) is 2.45. The Morgan fingerprint density at radius 2 is 2.54 bits per heavy atom. The number of anilines is 1. The third-order valence-corrected chi connectivity index (χ3v) is 2.45. The Bertz CT molecular complexity index is 281. The molecule has 4 heteroatoms. The van der Waals surface area contributed by atoms with Crippen molar-refractivity contribution in [2.45, 2.75) is 25.8 Å². The summed E-state index contributed by atoms with van der Waals surface area (Å²) in [5, 5.41) is 0. The maximum Gasteiger partial charge on any atom is 0.203 e. The molecule has 1 aliphatic rings. The second-order valence-electron chi connectivity index (χ2n) is 3.74. The molecule has 2 rings (SSSR count). The van der Waals surface area contributed by atoms with Crippen molar-refractivity contribution >= 4 is 5.95 Å². The monoisotopic (exact) mass is 180 g/mol. The first-order chi connectivity index (χ1) is 6.25. The highest BCUT2D eigenvalue weighted by Crippen LogP contribution is 2.15. The summed E-state index contributed by atoms with van der Waals surface area (Å²) in [6.45, 7) is 4.01. The molecule has 0 unspecified atom stereocenters. The Kier molecular flexibility index (Phi) is 2.22. The molecule has 13 heavy (non-hydrogen) atoms. The lowest BCUT2D eigenvalue weighted by Crippen LogP contribution is -2.43. The van der Waals surface area contributed by atoms with E-state index in [0.717, 1.165) is 31.2 Å². The Morgan fingerprint density at radius 1 is 1.69 bits per heavy atom. The molecule has 1 fully saturated rings. The standard InChI is InChI=1S/C9H16N4/c1-7-5-11-9(12-7)13-4-2-3-8(10)6-13/h5,8H,2-4,6,10H2,1H3,(H,11,12)/t8-/m1/s1. The second-order valence-corrected chi connectivity index (χ2v) is 3.74. The average Bonchev–Trinajstić information content (AvgIpc) is 2.52. The number of aryl methyl sites for hydroxylation is 1. The molecule has 1 aromatic rings. The summed E-state index contributed by atoms with van der Waals surface area (Å²) >= 11 is 0. The lowest BCUT2D eigenvalue weighted by Gasteiger charge is -2.30. The molecule has 0 spiro atoms. The molecular formula is C9H16N4. The van der Waals surface area contributed by atoms with Crippen molar-refractivity contribution in [3.05, 3.63) is 11.9 Å². The predicted octanol–water partition coefficient (Wildman–Crippen LogP) is 0.646. The van der Waals surface area contributed by atoms with Crippen molar-refractivity contribution in [3.8, 4) is 0 Å². The minimum atomic E-state index is 0.305. The zero-order valence-electron chi connectivity index (χ0n) is 7.95. The molecule has 0 bridgehead atoms. The van der Waals surface area contributed by atoms with E-state index in [9.17, 15) is 0 Å². The van der Waals surface area contributed by atoms with E-state index >= 15 is 0 Å². The van der Waals surface area contributed by atoms with Crippen LogP contribution in [-0.2, 0) is 0 Å². The topological polar surface area (TPSA) is 57.9 Å². The molecule has 1 saturated heterocycles. The normalized spacial score (nSPS) is 23.5. The van der Waals surface area contributed by atoms with Gasteiger partial charge in [-0.2, -0.15) is 0 Å². The minimum absolute atomic E-state index is 0.305. The van der Waals surface area contributed by atoms with Crippen LogP contribution >= 0.6 is 0 Å². The van der Waals surface area contributed by atoms with Crippen molar-refractivity contribution in [2.24, 2.45) is 5.73 Å². The summed E-state index contributed by atoms with van der Waals surface area (Å²) in [4.78, 5) is 9.74. The maximum atomic E-state index is 5.89. The van der Waals surface area contributed by atoms with E-state index in [2.05, 4.69) is 14.9 Å². The fourth-order valence-corrected chi connectivity index (χ4v) is 1.76. The van der Waals surface area contributed by atoms with Gasteiger partial charge >= 0.3 is 0 Å². The summed E-state index contributed by atoms with van der Waals surface area (Å²) in [5.41, 5.74) is 6.99. The van der Waals surface area contributed by atoms with E-state index in [1.807, 2.05) is 13.1 Å².